The number of rotatable bonds is 6. The first-order chi connectivity index (χ1) is 12.7. The van der Waals surface area contributed by atoms with Gasteiger partial charge in [-0.05, 0) is 36.6 Å². The molecule has 0 saturated carbocycles. The largest absolute Gasteiger partial charge is 0.381 e. The predicted molar refractivity (Wildman–Crippen MR) is 107 cm³/mol. The van der Waals surface area contributed by atoms with Gasteiger partial charge in [-0.3, -0.25) is 4.99 Å². The fourth-order valence-electron chi connectivity index (χ4n) is 3.49. The molecule has 1 aromatic carbocycles. The highest BCUT2D eigenvalue weighted by atomic mass is 35.5. The van der Waals surface area contributed by atoms with Gasteiger partial charge in [-0.25, -0.2) is 0 Å². The summed E-state index contributed by atoms with van der Waals surface area (Å²) in [6.07, 6.45) is 6.02. The summed E-state index contributed by atoms with van der Waals surface area (Å²) in [5, 5.41) is 7.71. The Morgan fingerprint density at radius 1 is 1.15 bits per heavy atom. The van der Waals surface area contributed by atoms with Crippen LogP contribution in [0, 0.1) is 0 Å². The molecule has 2 heterocycles. The van der Waals surface area contributed by atoms with Crippen molar-refractivity contribution in [3.8, 4) is 0 Å². The molecule has 0 unspecified atom stereocenters. The van der Waals surface area contributed by atoms with E-state index in [4.69, 9.17) is 16.3 Å². The number of aliphatic imine (C=N–C) groups is 1. The van der Waals surface area contributed by atoms with Crippen molar-refractivity contribution in [2.45, 2.75) is 24.8 Å². The summed E-state index contributed by atoms with van der Waals surface area (Å²) >= 11 is 6.52. The lowest BCUT2D eigenvalue weighted by Crippen LogP contribution is -2.48. The molecule has 0 spiro atoms. The minimum Gasteiger partial charge on any atom is -0.381 e. The number of nitrogens with one attached hydrogen (secondary N) is 2. The van der Waals surface area contributed by atoms with Crippen LogP contribution >= 0.6 is 11.6 Å². The van der Waals surface area contributed by atoms with E-state index in [0.717, 1.165) is 56.7 Å². The molecule has 0 atom stereocenters. The van der Waals surface area contributed by atoms with Gasteiger partial charge in [0.05, 0.1) is 0 Å². The third-order valence-electron chi connectivity index (χ3n) is 5.04. The Balaban J connectivity index is 1.62. The standard InChI is InChI=1S/C20H27ClN4O/c1-22-19(23-10-13-25-11-4-5-12-25)24-16-20(8-14-26-15-9-20)17-6-2-3-7-18(17)21/h2-7,11-12H,8-10,13-16H2,1H3,(H2,22,23,24). The van der Waals surface area contributed by atoms with Crippen LogP contribution < -0.4 is 10.6 Å². The summed E-state index contributed by atoms with van der Waals surface area (Å²) in [7, 11) is 1.80. The van der Waals surface area contributed by atoms with Gasteiger partial charge in [-0.15, -0.1) is 0 Å². The van der Waals surface area contributed by atoms with Crippen LogP contribution in [-0.2, 0) is 16.7 Å². The first-order valence-corrected chi connectivity index (χ1v) is 9.49. The highest BCUT2D eigenvalue weighted by molar-refractivity contribution is 6.31. The number of ether oxygens (including phenoxy) is 1. The second-order valence-corrected chi connectivity index (χ2v) is 7.05. The van der Waals surface area contributed by atoms with Crippen LogP contribution in [0.15, 0.2) is 53.8 Å². The normalized spacial score (nSPS) is 17.1. The number of hydrogen-bond donors (Lipinski definition) is 2. The van der Waals surface area contributed by atoms with Gasteiger partial charge < -0.3 is 19.9 Å². The number of benzene rings is 1. The highest BCUT2D eigenvalue weighted by Crippen LogP contribution is 2.38. The van der Waals surface area contributed by atoms with Crippen molar-refractivity contribution in [3.05, 3.63) is 59.4 Å². The van der Waals surface area contributed by atoms with Gasteiger partial charge in [0, 0.05) is 62.7 Å². The maximum Gasteiger partial charge on any atom is 0.191 e. The molecule has 0 bridgehead atoms. The number of nitrogens with zero attached hydrogens (tertiary/aromatic N) is 2. The minimum atomic E-state index is -0.0331. The van der Waals surface area contributed by atoms with Crippen molar-refractivity contribution in [3.63, 3.8) is 0 Å². The fraction of sp³-hybridized carbons (Fsp3) is 0.450. The van der Waals surface area contributed by atoms with E-state index in [1.54, 1.807) is 7.05 Å². The van der Waals surface area contributed by atoms with Gasteiger partial charge >= 0.3 is 0 Å². The molecule has 1 fully saturated rings. The van der Waals surface area contributed by atoms with Crippen LogP contribution in [-0.4, -0.2) is 43.9 Å². The van der Waals surface area contributed by atoms with Crippen LogP contribution in [0.5, 0.6) is 0 Å². The second-order valence-electron chi connectivity index (χ2n) is 6.65. The molecule has 0 aliphatic carbocycles. The zero-order valence-electron chi connectivity index (χ0n) is 15.2. The summed E-state index contributed by atoms with van der Waals surface area (Å²) in [6.45, 7) is 4.01. The van der Waals surface area contributed by atoms with Gasteiger partial charge in [-0.2, -0.15) is 0 Å². The molecule has 1 aromatic heterocycles. The maximum atomic E-state index is 6.52. The van der Waals surface area contributed by atoms with Gasteiger partial charge in [0.2, 0.25) is 0 Å². The number of guanidine groups is 1. The van der Waals surface area contributed by atoms with Gasteiger partial charge in [0.15, 0.2) is 5.96 Å². The minimum absolute atomic E-state index is 0.0331. The fourth-order valence-corrected chi connectivity index (χ4v) is 3.83. The molecule has 1 aliphatic rings. The molecular formula is C20H27ClN4O. The third-order valence-corrected chi connectivity index (χ3v) is 5.37. The summed E-state index contributed by atoms with van der Waals surface area (Å²) < 4.78 is 7.75. The Labute approximate surface area is 160 Å². The van der Waals surface area contributed by atoms with E-state index < -0.39 is 0 Å². The average molecular weight is 375 g/mol. The molecule has 3 rings (SSSR count). The summed E-state index contributed by atoms with van der Waals surface area (Å²) in [6, 6.07) is 12.2. The van der Waals surface area contributed by atoms with Crippen molar-refractivity contribution in [1.29, 1.82) is 0 Å². The van der Waals surface area contributed by atoms with Crippen LogP contribution in [0.2, 0.25) is 5.02 Å². The van der Waals surface area contributed by atoms with E-state index in [1.165, 1.54) is 5.56 Å². The third kappa shape index (κ3) is 4.59. The number of aromatic nitrogens is 1. The van der Waals surface area contributed by atoms with Crippen LogP contribution in [0.3, 0.4) is 0 Å². The SMILES string of the molecule is CN=C(NCCn1cccc1)NCC1(c2ccccc2Cl)CCOCC1. The zero-order valence-corrected chi connectivity index (χ0v) is 16.0. The van der Waals surface area contributed by atoms with E-state index in [2.05, 4.69) is 44.7 Å². The monoisotopic (exact) mass is 374 g/mol. The Morgan fingerprint density at radius 2 is 1.88 bits per heavy atom. The van der Waals surface area contributed by atoms with Crippen molar-refractivity contribution in [1.82, 2.24) is 15.2 Å². The van der Waals surface area contributed by atoms with E-state index >= 15 is 0 Å². The van der Waals surface area contributed by atoms with Crippen molar-refractivity contribution >= 4 is 17.6 Å². The first-order valence-electron chi connectivity index (χ1n) is 9.11. The summed E-state index contributed by atoms with van der Waals surface area (Å²) in [4.78, 5) is 4.36. The molecule has 0 amide bonds. The topological polar surface area (TPSA) is 50.6 Å². The molecule has 5 nitrogen and oxygen atoms in total. The van der Waals surface area contributed by atoms with E-state index in [9.17, 15) is 0 Å². The van der Waals surface area contributed by atoms with Gasteiger partial charge in [0.25, 0.3) is 0 Å². The molecule has 6 heteroatoms. The highest BCUT2D eigenvalue weighted by Gasteiger charge is 2.36. The summed E-state index contributed by atoms with van der Waals surface area (Å²) in [5.74, 6) is 0.815. The Morgan fingerprint density at radius 3 is 2.58 bits per heavy atom. The molecule has 0 radical (unpaired) electrons. The van der Waals surface area contributed by atoms with E-state index in [0.29, 0.717) is 0 Å². The van der Waals surface area contributed by atoms with Crippen molar-refractivity contribution in [2.24, 2.45) is 4.99 Å². The quantitative estimate of drug-likeness (QED) is 0.603. The smallest absolute Gasteiger partial charge is 0.191 e. The van der Waals surface area contributed by atoms with Crippen molar-refractivity contribution < 1.29 is 4.74 Å². The molecule has 1 aliphatic heterocycles. The van der Waals surface area contributed by atoms with Crippen LogP contribution in [0.25, 0.3) is 0 Å². The number of halogens is 1. The lowest BCUT2D eigenvalue weighted by Gasteiger charge is -2.38. The first kappa shape index (κ1) is 18.8. The van der Waals surface area contributed by atoms with Gasteiger partial charge in [0.1, 0.15) is 0 Å². The Kier molecular flexibility index (Phi) is 6.58. The maximum absolute atomic E-state index is 6.52. The lowest BCUT2D eigenvalue weighted by atomic mass is 9.74. The molecule has 2 aromatic rings. The second kappa shape index (κ2) is 9.10. The lowest BCUT2D eigenvalue weighted by molar-refractivity contribution is 0.0514. The average Bonchev–Trinajstić information content (AvgIpc) is 3.19. The molecule has 26 heavy (non-hydrogen) atoms. The Bertz CT molecular complexity index is 708. The molecular weight excluding hydrogens is 348 g/mol. The molecule has 2 N–H and O–H groups in total. The predicted octanol–water partition coefficient (Wildman–Crippen LogP) is 3.05. The number of hydrogen-bond acceptors (Lipinski definition) is 2. The molecule has 140 valence electrons. The zero-order chi connectivity index (χ0) is 18.2. The van der Waals surface area contributed by atoms with E-state index in [1.807, 2.05) is 24.3 Å². The van der Waals surface area contributed by atoms with E-state index in [-0.39, 0.29) is 5.41 Å². The van der Waals surface area contributed by atoms with Crippen molar-refractivity contribution in [2.75, 3.05) is 33.4 Å². The van der Waals surface area contributed by atoms with Gasteiger partial charge in [-0.1, -0.05) is 29.8 Å². The molecule has 1 saturated heterocycles. The Hall–Kier alpha value is -1.98. The van der Waals surface area contributed by atoms with Crippen LogP contribution in [0.4, 0.5) is 0 Å². The van der Waals surface area contributed by atoms with Crippen LogP contribution in [0.1, 0.15) is 18.4 Å². The summed E-state index contributed by atoms with van der Waals surface area (Å²) in [5.41, 5.74) is 1.16.